The van der Waals surface area contributed by atoms with Crippen molar-refractivity contribution in [1.29, 1.82) is 0 Å². The van der Waals surface area contributed by atoms with Gasteiger partial charge in [-0.2, -0.15) is 0 Å². The molecule has 2 bridgehead atoms. The Morgan fingerprint density at radius 3 is 2.39 bits per heavy atom. The van der Waals surface area contributed by atoms with Crippen molar-refractivity contribution in [3.05, 3.63) is 0 Å². The Bertz CT molecular complexity index is 385. The summed E-state index contributed by atoms with van der Waals surface area (Å²) in [4.78, 5) is 23.4. The molecule has 102 valence electrons. The molecule has 0 aliphatic heterocycles. The number of hydrogen-bond acceptors (Lipinski definition) is 2. The smallest absolute Gasteiger partial charge is 0.303 e. The Hall–Kier alpha value is -0.860. The Kier molecular flexibility index (Phi) is 3.07. The lowest BCUT2D eigenvalue weighted by molar-refractivity contribution is -0.144. The molecule has 0 radical (unpaired) electrons. The van der Waals surface area contributed by atoms with Gasteiger partial charge in [0.25, 0.3) is 0 Å². The summed E-state index contributed by atoms with van der Waals surface area (Å²) in [6.45, 7) is 8.20. The highest BCUT2D eigenvalue weighted by atomic mass is 16.4. The van der Waals surface area contributed by atoms with E-state index in [-0.39, 0.29) is 29.0 Å². The van der Waals surface area contributed by atoms with Crippen LogP contribution in [0, 0.1) is 28.6 Å². The van der Waals surface area contributed by atoms with E-state index in [2.05, 4.69) is 20.8 Å². The number of carbonyl (C=O) groups is 2. The van der Waals surface area contributed by atoms with E-state index in [4.69, 9.17) is 0 Å². The van der Waals surface area contributed by atoms with Crippen LogP contribution in [0.4, 0.5) is 0 Å². The van der Waals surface area contributed by atoms with Crippen molar-refractivity contribution >= 4 is 11.8 Å². The summed E-state index contributed by atoms with van der Waals surface area (Å²) in [6, 6.07) is 0. The predicted molar refractivity (Wildman–Crippen MR) is 69.1 cm³/mol. The van der Waals surface area contributed by atoms with Crippen LogP contribution in [0.3, 0.4) is 0 Å². The van der Waals surface area contributed by atoms with E-state index in [1.54, 1.807) is 6.92 Å². The van der Waals surface area contributed by atoms with E-state index >= 15 is 0 Å². The highest BCUT2D eigenvalue weighted by Crippen LogP contribution is 2.66. The van der Waals surface area contributed by atoms with Crippen LogP contribution in [0.1, 0.15) is 53.4 Å². The Balaban J connectivity index is 2.47. The van der Waals surface area contributed by atoms with Gasteiger partial charge in [0.1, 0.15) is 5.78 Å². The van der Waals surface area contributed by atoms with Crippen molar-refractivity contribution in [1.82, 2.24) is 0 Å². The Labute approximate surface area is 109 Å². The van der Waals surface area contributed by atoms with E-state index < -0.39 is 5.97 Å². The first-order valence-corrected chi connectivity index (χ1v) is 6.94. The molecule has 2 rings (SSSR count). The largest absolute Gasteiger partial charge is 0.481 e. The second-order valence-corrected chi connectivity index (χ2v) is 7.05. The third kappa shape index (κ3) is 1.70. The lowest BCUT2D eigenvalue weighted by Crippen LogP contribution is -2.44. The number of Topliss-reactive ketones (excluding diaryl/α,β-unsaturated/α-hetero) is 1. The summed E-state index contributed by atoms with van der Waals surface area (Å²) >= 11 is 0. The van der Waals surface area contributed by atoms with Crippen LogP contribution >= 0.6 is 0 Å². The SMILES string of the molecule is CC(=O)[C@]12CC(C)(C)[C@@H](CC[C@@H]1C)[C@@H]2CC(=O)O. The minimum Gasteiger partial charge on any atom is -0.481 e. The monoisotopic (exact) mass is 252 g/mol. The van der Waals surface area contributed by atoms with Crippen LogP contribution in [0.5, 0.6) is 0 Å². The zero-order chi connectivity index (χ0) is 13.7. The molecule has 0 heterocycles. The molecule has 0 unspecified atom stereocenters. The fraction of sp³-hybridized carbons (Fsp3) is 0.867. The predicted octanol–water partition coefficient (Wildman–Crippen LogP) is 3.13. The minimum atomic E-state index is -0.762. The van der Waals surface area contributed by atoms with Crippen LogP contribution < -0.4 is 0 Å². The number of carboxylic acids is 1. The van der Waals surface area contributed by atoms with Crippen LogP contribution in [-0.2, 0) is 9.59 Å². The van der Waals surface area contributed by atoms with E-state index in [0.717, 1.165) is 19.3 Å². The summed E-state index contributed by atoms with van der Waals surface area (Å²) in [5, 5.41) is 9.17. The average molecular weight is 252 g/mol. The molecule has 2 fully saturated rings. The molecule has 18 heavy (non-hydrogen) atoms. The fourth-order valence-electron chi connectivity index (χ4n) is 4.98. The van der Waals surface area contributed by atoms with E-state index in [9.17, 15) is 14.7 Å². The first-order chi connectivity index (χ1) is 8.21. The summed E-state index contributed by atoms with van der Waals surface area (Å²) in [6.07, 6.45) is 3.14. The first-order valence-electron chi connectivity index (χ1n) is 6.94. The van der Waals surface area contributed by atoms with Gasteiger partial charge in [-0.15, -0.1) is 0 Å². The van der Waals surface area contributed by atoms with Crippen molar-refractivity contribution in [2.24, 2.45) is 28.6 Å². The van der Waals surface area contributed by atoms with Gasteiger partial charge >= 0.3 is 5.97 Å². The molecule has 0 saturated heterocycles. The summed E-state index contributed by atoms with van der Waals surface area (Å²) in [5.74, 6) is 0.177. The molecule has 3 nitrogen and oxygen atoms in total. The van der Waals surface area contributed by atoms with Gasteiger partial charge < -0.3 is 5.11 Å². The fourth-order valence-corrected chi connectivity index (χ4v) is 4.98. The quantitative estimate of drug-likeness (QED) is 0.839. The maximum Gasteiger partial charge on any atom is 0.303 e. The van der Waals surface area contributed by atoms with Gasteiger partial charge in [-0.3, -0.25) is 9.59 Å². The van der Waals surface area contributed by atoms with E-state index in [0.29, 0.717) is 11.8 Å². The first kappa shape index (κ1) is 13.6. The molecule has 2 aliphatic carbocycles. The van der Waals surface area contributed by atoms with Crippen molar-refractivity contribution < 1.29 is 14.7 Å². The van der Waals surface area contributed by atoms with E-state index in [1.165, 1.54) is 0 Å². The topological polar surface area (TPSA) is 54.4 Å². The van der Waals surface area contributed by atoms with Crippen molar-refractivity contribution in [2.45, 2.75) is 53.4 Å². The molecular formula is C15H24O3. The number of ketones is 1. The van der Waals surface area contributed by atoms with Crippen molar-refractivity contribution in [2.75, 3.05) is 0 Å². The molecular weight excluding hydrogens is 228 g/mol. The Morgan fingerprint density at radius 1 is 1.28 bits per heavy atom. The summed E-state index contributed by atoms with van der Waals surface area (Å²) in [5.41, 5.74) is -0.290. The highest BCUT2D eigenvalue weighted by Gasteiger charge is 2.63. The van der Waals surface area contributed by atoms with Crippen molar-refractivity contribution in [3.63, 3.8) is 0 Å². The lowest BCUT2D eigenvalue weighted by atomic mass is 9.59. The second kappa shape index (κ2) is 4.07. The van der Waals surface area contributed by atoms with Crippen LogP contribution in [0.15, 0.2) is 0 Å². The number of carboxylic acid groups (broad SMARTS) is 1. The average Bonchev–Trinajstić information content (AvgIpc) is 2.36. The molecule has 1 N–H and O–H groups in total. The standard InChI is InChI=1S/C15H24O3/c1-9-5-6-11-12(7-13(17)18)15(9,10(2)16)8-14(11,3)4/h9,11-12H,5-8H2,1-4H3,(H,17,18)/t9-,11-,12-,15-/m0/s1. The zero-order valence-electron chi connectivity index (χ0n) is 11.8. The summed E-state index contributed by atoms with van der Waals surface area (Å²) in [7, 11) is 0. The van der Waals surface area contributed by atoms with Gasteiger partial charge in [-0.05, 0) is 49.4 Å². The molecule has 2 aliphatic rings. The molecule has 3 heteroatoms. The highest BCUT2D eigenvalue weighted by molar-refractivity contribution is 5.84. The zero-order valence-corrected chi connectivity index (χ0v) is 11.8. The third-order valence-corrected chi connectivity index (χ3v) is 5.74. The maximum absolute atomic E-state index is 12.3. The number of carbonyl (C=O) groups excluding carboxylic acids is 1. The molecule has 0 spiro atoms. The van der Waals surface area contributed by atoms with Gasteiger partial charge in [0.2, 0.25) is 0 Å². The third-order valence-electron chi connectivity index (χ3n) is 5.74. The van der Waals surface area contributed by atoms with Gasteiger partial charge in [0.15, 0.2) is 0 Å². The number of hydrogen-bond donors (Lipinski definition) is 1. The maximum atomic E-state index is 12.3. The number of rotatable bonds is 3. The van der Waals surface area contributed by atoms with Gasteiger partial charge in [-0.1, -0.05) is 20.8 Å². The molecule has 4 atom stereocenters. The second-order valence-electron chi connectivity index (χ2n) is 7.05. The molecule has 0 aromatic heterocycles. The lowest BCUT2D eigenvalue weighted by Gasteiger charge is -2.44. The summed E-state index contributed by atoms with van der Waals surface area (Å²) < 4.78 is 0. The van der Waals surface area contributed by atoms with Gasteiger partial charge in [-0.25, -0.2) is 0 Å². The van der Waals surface area contributed by atoms with Crippen LogP contribution in [-0.4, -0.2) is 16.9 Å². The molecule has 0 amide bonds. The van der Waals surface area contributed by atoms with Gasteiger partial charge in [0, 0.05) is 11.8 Å². The number of fused-ring (bicyclic) bond motifs is 2. The van der Waals surface area contributed by atoms with Gasteiger partial charge in [0.05, 0.1) is 0 Å². The molecule has 0 aromatic rings. The van der Waals surface area contributed by atoms with Crippen molar-refractivity contribution in [3.8, 4) is 0 Å². The minimum absolute atomic E-state index is 0.0336. The normalized spacial score (nSPS) is 41.7. The Morgan fingerprint density at radius 2 is 1.89 bits per heavy atom. The van der Waals surface area contributed by atoms with E-state index in [1.807, 2.05) is 0 Å². The number of aliphatic carboxylic acids is 1. The molecule has 0 aromatic carbocycles. The van der Waals surface area contributed by atoms with Crippen LogP contribution in [0.25, 0.3) is 0 Å². The van der Waals surface area contributed by atoms with Crippen LogP contribution in [0.2, 0.25) is 0 Å². The molecule has 2 saturated carbocycles.